The number of benzene rings is 3. The Morgan fingerprint density at radius 2 is 1.65 bits per heavy atom. The second-order valence-corrected chi connectivity index (χ2v) is 10.1. The van der Waals surface area contributed by atoms with E-state index in [-0.39, 0.29) is 24.8 Å². The first-order chi connectivity index (χ1) is 16.5. The van der Waals surface area contributed by atoms with Crippen LogP contribution in [0.25, 0.3) is 10.8 Å². The molecule has 1 amide bonds. The van der Waals surface area contributed by atoms with Crippen LogP contribution in [0.15, 0.2) is 66.7 Å². The van der Waals surface area contributed by atoms with Crippen LogP contribution in [0.2, 0.25) is 0 Å². The Morgan fingerprint density at radius 1 is 0.941 bits per heavy atom. The van der Waals surface area contributed by atoms with Crippen molar-refractivity contribution in [1.29, 1.82) is 0 Å². The minimum absolute atomic E-state index is 0.0367. The highest BCUT2D eigenvalue weighted by molar-refractivity contribution is 7.89. The lowest BCUT2D eigenvalue weighted by Crippen LogP contribution is -2.50. The van der Waals surface area contributed by atoms with Crippen LogP contribution in [0.1, 0.15) is 0 Å². The van der Waals surface area contributed by atoms with Crippen LogP contribution in [0.3, 0.4) is 0 Å². The normalized spacial score (nSPS) is 14.7. The van der Waals surface area contributed by atoms with Crippen LogP contribution in [0.4, 0.5) is 5.69 Å². The Bertz CT molecular complexity index is 1240. The number of fused-ring (bicyclic) bond motifs is 1. The monoisotopic (exact) mass is 483 g/mol. The SMILES string of the molecule is COc1ccccc1N1CCN(S(=O)(=O)CCNC(=O)COc2ccc3ccccc3c2)CC1. The first kappa shape index (κ1) is 23.8. The highest BCUT2D eigenvalue weighted by Gasteiger charge is 2.27. The average molecular weight is 484 g/mol. The summed E-state index contributed by atoms with van der Waals surface area (Å²) < 4.78 is 37.9. The molecule has 1 aliphatic heterocycles. The standard InChI is InChI=1S/C25H29N3O5S/c1-32-24-9-5-4-8-23(24)27-13-15-28(16-14-27)34(30,31)17-12-26-25(29)19-33-22-11-10-20-6-2-3-7-21(20)18-22/h2-11,18H,12-17,19H2,1H3,(H,26,29). The third kappa shape index (κ3) is 5.78. The Kier molecular flexibility index (Phi) is 7.54. The third-order valence-corrected chi connectivity index (χ3v) is 7.70. The lowest BCUT2D eigenvalue weighted by molar-refractivity contribution is -0.122. The van der Waals surface area contributed by atoms with E-state index in [2.05, 4.69) is 10.2 Å². The predicted octanol–water partition coefficient (Wildman–Crippen LogP) is 2.50. The zero-order chi connectivity index (χ0) is 24.0. The maximum absolute atomic E-state index is 12.7. The fourth-order valence-electron chi connectivity index (χ4n) is 4.00. The molecule has 0 unspecified atom stereocenters. The molecule has 9 heteroatoms. The molecule has 0 bridgehead atoms. The number of anilines is 1. The van der Waals surface area contributed by atoms with E-state index in [1.54, 1.807) is 7.11 Å². The molecule has 0 spiro atoms. The number of hydrogen-bond donors (Lipinski definition) is 1. The molecule has 1 aliphatic rings. The van der Waals surface area contributed by atoms with E-state index in [0.29, 0.717) is 31.9 Å². The van der Waals surface area contributed by atoms with Gasteiger partial charge in [0, 0.05) is 32.7 Å². The van der Waals surface area contributed by atoms with Gasteiger partial charge in [0.15, 0.2) is 6.61 Å². The minimum Gasteiger partial charge on any atom is -0.495 e. The van der Waals surface area contributed by atoms with E-state index in [9.17, 15) is 13.2 Å². The molecule has 1 heterocycles. The molecule has 4 rings (SSSR count). The number of methoxy groups -OCH3 is 1. The van der Waals surface area contributed by atoms with Crippen molar-refractivity contribution in [3.63, 3.8) is 0 Å². The highest BCUT2D eigenvalue weighted by atomic mass is 32.2. The van der Waals surface area contributed by atoms with Crippen molar-refractivity contribution in [3.05, 3.63) is 66.7 Å². The van der Waals surface area contributed by atoms with Crippen molar-refractivity contribution in [2.45, 2.75) is 0 Å². The molecule has 3 aromatic carbocycles. The summed E-state index contributed by atoms with van der Waals surface area (Å²) in [6, 6.07) is 21.2. The molecule has 34 heavy (non-hydrogen) atoms. The van der Waals surface area contributed by atoms with E-state index in [0.717, 1.165) is 22.2 Å². The molecule has 1 fully saturated rings. The molecule has 3 aromatic rings. The number of rotatable bonds is 9. The fourth-order valence-corrected chi connectivity index (χ4v) is 5.34. The minimum atomic E-state index is -3.47. The molecular formula is C25H29N3O5S. The molecule has 1 N–H and O–H groups in total. The van der Waals surface area contributed by atoms with E-state index in [1.807, 2.05) is 66.7 Å². The molecule has 0 aromatic heterocycles. The predicted molar refractivity (Wildman–Crippen MR) is 133 cm³/mol. The van der Waals surface area contributed by atoms with Gasteiger partial charge in [-0.2, -0.15) is 4.31 Å². The number of para-hydroxylation sites is 2. The topological polar surface area (TPSA) is 88.2 Å². The quantitative estimate of drug-likeness (QED) is 0.503. The number of nitrogens with one attached hydrogen (secondary N) is 1. The van der Waals surface area contributed by atoms with Gasteiger partial charge in [-0.25, -0.2) is 8.42 Å². The second kappa shape index (κ2) is 10.8. The fraction of sp³-hybridized carbons (Fsp3) is 0.320. The average Bonchev–Trinajstić information content (AvgIpc) is 2.87. The van der Waals surface area contributed by atoms with Gasteiger partial charge in [0.05, 0.1) is 18.6 Å². The van der Waals surface area contributed by atoms with Crippen LogP contribution >= 0.6 is 0 Å². The van der Waals surface area contributed by atoms with Gasteiger partial charge < -0.3 is 19.7 Å². The maximum Gasteiger partial charge on any atom is 0.257 e. The van der Waals surface area contributed by atoms with Crippen molar-refractivity contribution in [2.24, 2.45) is 0 Å². The summed E-state index contributed by atoms with van der Waals surface area (Å²) in [5, 5.41) is 4.75. The van der Waals surface area contributed by atoms with E-state index < -0.39 is 10.0 Å². The zero-order valence-corrected chi connectivity index (χ0v) is 20.0. The Balaban J connectivity index is 1.21. The number of carbonyl (C=O) groups excluding carboxylic acids is 1. The molecule has 180 valence electrons. The summed E-state index contributed by atoms with van der Waals surface area (Å²) in [6.07, 6.45) is 0. The van der Waals surface area contributed by atoms with Crippen molar-refractivity contribution in [3.8, 4) is 11.5 Å². The van der Waals surface area contributed by atoms with Gasteiger partial charge in [-0.15, -0.1) is 0 Å². The number of ether oxygens (including phenoxy) is 2. The number of amides is 1. The zero-order valence-electron chi connectivity index (χ0n) is 19.1. The first-order valence-corrected chi connectivity index (χ1v) is 12.8. The van der Waals surface area contributed by atoms with Gasteiger partial charge in [0.2, 0.25) is 10.0 Å². The molecular weight excluding hydrogens is 454 g/mol. The van der Waals surface area contributed by atoms with E-state index in [4.69, 9.17) is 9.47 Å². The van der Waals surface area contributed by atoms with Gasteiger partial charge >= 0.3 is 0 Å². The Morgan fingerprint density at radius 3 is 2.41 bits per heavy atom. The van der Waals surface area contributed by atoms with Gasteiger partial charge in [-0.05, 0) is 35.0 Å². The smallest absolute Gasteiger partial charge is 0.257 e. The number of sulfonamides is 1. The van der Waals surface area contributed by atoms with Crippen molar-refractivity contribution in [2.75, 3.05) is 57.1 Å². The van der Waals surface area contributed by atoms with Gasteiger partial charge in [0.1, 0.15) is 11.5 Å². The largest absolute Gasteiger partial charge is 0.495 e. The lowest BCUT2D eigenvalue weighted by Gasteiger charge is -2.35. The summed E-state index contributed by atoms with van der Waals surface area (Å²) in [5.41, 5.74) is 0.959. The maximum atomic E-state index is 12.7. The molecule has 0 aliphatic carbocycles. The van der Waals surface area contributed by atoms with Crippen LogP contribution in [-0.4, -0.2) is 70.8 Å². The van der Waals surface area contributed by atoms with Gasteiger partial charge in [0.25, 0.3) is 5.91 Å². The summed E-state index contributed by atoms with van der Waals surface area (Å²) in [5.74, 6) is 0.856. The van der Waals surface area contributed by atoms with Gasteiger partial charge in [-0.1, -0.05) is 42.5 Å². The van der Waals surface area contributed by atoms with Crippen molar-refractivity contribution < 1.29 is 22.7 Å². The van der Waals surface area contributed by atoms with Crippen molar-refractivity contribution >= 4 is 32.4 Å². The second-order valence-electron chi connectivity index (χ2n) is 8.02. The number of nitrogens with zero attached hydrogens (tertiary/aromatic N) is 2. The summed E-state index contributed by atoms with van der Waals surface area (Å²) >= 11 is 0. The molecule has 8 nitrogen and oxygen atoms in total. The summed E-state index contributed by atoms with van der Waals surface area (Å²) in [6.45, 7) is 1.79. The van der Waals surface area contributed by atoms with Gasteiger partial charge in [-0.3, -0.25) is 4.79 Å². The van der Waals surface area contributed by atoms with Crippen LogP contribution in [0.5, 0.6) is 11.5 Å². The Labute approximate surface area is 200 Å². The summed E-state index contributed by atoms with van der Waals surface area (Å²) in [7, 11) is -1.85. The molecule has 1 saturated heterocycles. The number of piperazine rings is 1. The van der Waals surface area contributed by atoms with E-state index >= 15 is 0 Å². The molecule has 0 atom stereocenters. The molecule has 0 radical (unpaired) electrons. The van der Waals surface area contributed by atoms with E-state index in [1.165, 1.54) is 4.31 Å². The van der Waals surface area contributed by atoms with Crippen LogP contribution in [0, 0.1) is 0 Å². The van der Waals surface area contributed by atoms with Crippen LogP contribution in [-0.2, 0) is 14.8 Å². The Hall–Kier alpha value is -3.30. The third-order valence-electron chi connectivity index (χ3n) is 5.83. The molecule has 0 saturated carbocycles. The lowest BCUT2D eigenvalue weighted by atomic mass is 10.1. The number of carbonyl (C=O) groups is 1. The van der Waals surface area contributed by atoms with Crippen LogP contribution < -0.4 is 19.7 Å². The summed E-state index contributed by atoms with van der Waals surface area (Å²) in [4.78, 5) is 14.3. The van der Waals surface area contributed by atoms with Crippen molar-refractivity contribution in [1.82, 2.24) is 9.62 Å². The highest BCUT2D eigenvalue weighted by Crippen LogP contribution is 2.28. The first-order valence-electron chi connectivity index (χ1n) is 11.2. The number of hydrogen-bond acceptors (Lipinski definition) is 6.